The molecule has 1 aromatic rings. The minimum Gasteiger partial charge on any atom is -0.504 e. The molecule has 0 aromatic heterocycles. The van der Waals surface area contributed by atoms with Crippen LogP contribution < -0.4 is 11.5 Å². The zero-order valence-electron chi connectivity index (χ0n) is 5.81. The van der Waals surface area contributed by atoms with E-state index in [0.717, 1.165) is 0 Å². The average Bonchev–Trinajstić information content (AvgIpc) is 2.08. The van der Waals surface area contributed by atoms with Crippen LogP contribution in [0.15, 0.2) is 0 Å². The van der Waals surface area contributed by atoms with E-state index in [4.69, 9.17) is 44.9 Å². The number of hydrogen-bond donors (Lipinski definition) is 4. The number of aromatic hydroxyl groups is 2. The van der Waals surface area contributed by atoms with Gasteiger partial charge in [-0.3, -0.25) is 0 Å². The fourth-order valence-corrected chi connectivity index (χ4v) is 1.08. The molecule has 0 aliphatic heterocycles. The van der Waals surface area contributed by atoms with Crippen LogP contribution in [-0.4, -0.2) is 10.2 Å². The molecule has 0 aliphatic rings. The third-order valence-corrected chi connectivity index (χ3v) is 2.24. The van der Waals surface area contributed by atoms with Crippen molar-refractivity contribution in [1.29, 1.82) is 0 Å². The van der Waals surface area contributed by atoms with Gasteiger partial charge in [-0.2, -0.15) is 0 Å². The number of halogens is 2. The highest BCUT2D eigenvalue weighted by Gasteiger charge is 2.17. The van der Waals surface area contributed by atoms with Gasteiger partial charge in [-0.25, -0.2) is 0 Å². The predicted molar refractivity (Wildman–Crippen MR) is 48.6 cm³/mol. The first-order chi connectivity index (χ1) is 5.46. The zero-order valence-corrected chi connectivity index (χ0v) is 7.32. The van der Waals surface area contributed by atoms with Gasteiger partial charge in [-0.15, -0.1) is 0 Å². The molecule has 66 valence electrons. The summed E-state index contributed by atoms with van der Waals surface area (Å²) in [5.41, 5.74) is 10.2. The first-order valence-corrected chi connectivity index (χ1v) is 3.66. The topological polar surface area (TPSA) is 92.5 Å². The van der Waals surface area contributed by atoms with E-state index in [1.807, 2.05) is 0 Å². The van der Waals surface area contributed by atoms with Gasteiger partial charge < -0.3 is 21.7 Å². The summed E-state index contributed by atoms with van der Waals surface area (Å²) >= 11 is 11.0. The molecular formula is C6H6Cl2N2O2. The predicted octanol–water partition coefficient (Wildman–Crippen LogP) is 1.57. The van der Waals surface area contributed by atoms with Crippen LogP contribution in [0.2, 0.25) is 10.0 Å². The number of anilines is 2. The molecule has 0 atom stereocenters. The molecule has 1 rings (SSSR count). The molecule has 0 radical (unpaired) electrons. The molecule has 0 heterocycles. The summed E-state index contributed by atoms with van der Waals surface area (Å²) in [6.45, 7) is 0. The lowest BCUT2D eigenvalue weighted by atomic mass is 10.2. The first kappa shape index (κ1) is 9.09. The molecule has 1 aromatic carbocycles. The third-order valence-electron chi connectivity index (χ3n) is 1.41. The summed E-state index contributed by atoms with van der Waals surface area (Å²) in [5.74, 6) is -0.839. The van der Waals surface area contributed by atoms with Crippen LogP contribution in [0.1, 0.15) is 0 Å². The van der Waals surface area contributed by atoms with Crippen molar-refractivity contribution in [2.45, 2.75) is 0 Å². The highest BCUT2D eigenvalue weighted by molar-refractivity contribution is 6.44. The van der Waals surface area contributed by atoms with Crippen molar-refractivity contribution < 1.29 is 10.2 Å². The SMILES string of the molecule is Nc1c(N)c(O)c(Cl)c(Cl)c1O. The lowest BCUT2D eigenvalue weighted by Gasteiger charge is -2.08. The van der Waals surface area contributed by atoms with Gasteiger partial charge in [0.05, 0.1) is 0 Å². The maximum atomic E-state index is 9.16. The van der Waals surface area contributed by atoms with Crippen molar-refractivity contribution in [1.82, 2.24) is 0 Å². The van der Waals surface area contributed by atoms with Gasteiger partial charge in [0.2, 0.25) is 0 Å². The summed E-state index contributed by atoms with van der Waals surface area (Å²) < 4.78 is 0. The van der Waals surface area contributed by atoms with Gasteiger partial charge in [0.15, 0.2) is 11.5 Å². The summed E-state index contributed by atoms with van der Waals surface area (Å²) in [5, 5.41) is 17.9. The van der Waals surface area contributed by atoms with E-state index in [1.54, 1.807) is 0 Å². The number of hydrogen-bond acceptors (Lipinski definition) is 4. The molecule has 0 fully saturated rings. The zero-order chi connectivity index (χ0) is 9.46. The number of benzene rings is 1. The van der Waals surface area contributed by atoms with E-state index in [0.29, 0.717) is 0 Å². The van der Waals surface area contributed by atoms with E-state index in [2.05, 4.69) is 0 Å². The number of rotatable bonds is 0. The van der Waals surface area contributed by atoms with Crippen LogP contribution >= 0.6 is 23.2 Å². The second-order valence-electron chi connectivity index (χ2n) is 2.15. The van der Waals surface area contributed by atoms with Crippen LogP contribution in [0.25, 0.3) is 0 Å². The fourth-order valence-electron chi connectivity index (χ4n) is 0.699. The third kappa shape index (κ3) is 1.09. The summed E-state index contributed by atoms with van der Waals surface area (Å²) in [6, 6.07) is 0. The Labute approximate surface area is 78.3 Å². The highest BCUT2D eigenvalue weighted by atomic mass is 35.5. The van der Waals surface area contributed by atoms with E-state index in [-0.39, 0.29) is 21.4 Å². The lowest BCUT2D eigenvalue weighted by molar-refractivity contribution is 0.465. The molecule has 4 nitrogen and oxygen atoms in total. The second kappa shape index (κ2) is 2.80. The quantitative estimate of drug-likeness (QED) is 0.296. The van der Waals surface area contributed by atoms with Crippen LogP contribution in [0.5, 0.6) is 11.5 Å². The Morgan fingerprint density at radius 2 is 1.08 bits per heavy atom. The molecule has 6 N–H and O–H groups in total. The standard InChI is InChI=1S/C6H6Cl2N2O2/c7-1-2(8)6(12)4(10)3(9)5(1)11/h11-12H,9-10H2. The maximum Gasteiger partial charge on any atom is 0.161 e. The molecule has 0 amide bonds. The number of phenols is 2. The minimum atomic E-state index is -0.419. The smallest absolute Gasteiger partial charge is 0.161 e. The molecule has 0 spiro atoms. The van der Waals surface area contributed by atoms with Crippen LogP contribution in [-0.2, 0) is 0 Å². The van der Waals surface area contributed by atoms with Gasteiger partial charge in [0, 0.05) is 0 Å². The molecule has 0 aliphatic carbocycles. The molecular weight excluding hydrogens is 203 g/mol. The Morgan fingerprint density at radius 1 is 0.833 bits per heavy atom. The Morgan fingerprint density at radius 3 is 1.33 bits per heavy atom. The monoisotopic (exact) mass is 208 g/mol. The lowest BCUT2D eigenvalue weighted by Crippen LogP contribution is -1.96. The number of nitrogen functional groups attached to an aromatic ring is 2. The summed E-state index contributed by atoms with van der Waals surface area (Å²) in [6.07, 6.45) is 0. The summed E-state index contributed by atoms with van der Waals surface area (Å²) in [4.78, 5) is 0. The molecule has 0 unspecified atom stereocenters. The summed E-state index contributed by atoms with van der Waals surface area (Å²) in [7, 11) is 0. The number of nitrogens with two attached hydrogens (primary N) is 2. The number of phenolic OH excluding ortho intramolecular Hbond substituents is 2. The van der Waals surface area contributed by atoms with Crippen LogP contribution in [0, 0.1) is 0 Å². The Bertz CT molecular complexity index is 236. The van der Waals surface area contributed by atoms with Crippen molar-refractivity contribution in [2.75, 3.05) is 11.5 Å². The van der Waals surface area contributed by atoms with E-state index in [9.17, 15) is 0 Å². The van der Waals surface area contributed by atoms with Gasteiger partial charge in [-0.1, -0.05) is 23.2 Å². The van der Waals surface area contributed by atoms with Gasteiger partial charge in [0.1, 0.15) is 21.4 Å². The van der Waals surface area contributed by atoms with E-state index < -0.39 is 11.5 Å². The maximum absolute atomic E-state index is 9.16. The average molecular weight is 209 g/mol. The van der Waals surface area contributed by atoms with E-state index >= 15 is 0 Å². The van der Waals surface area contributed by atoms with Crippen molar-refractivity contribution in [3.63, 3.8) is 0 Å². The van der Waals surface area contributed by atoms with Crippen LogP contribution in [0.3, 0.4) is 0 Å². The van der Waals surface area contributed by atoms with Crippen molar-refractivity contribution >= 4 is 34.6 Å². The molecule has 6 heteroatoms. The second-order valence-corrected chi connectivity index (χ2v) is 2.91. The van der Waals surface area contributed by atoms with Gasteiger partial charge in [-0.05, 0) is 0 Å². The minimum absolute atomic E-state index is 0.179. The first-order valence-electron chi connectivity index (χ1n) is 2.90. The van der Waals surface area contributed by atoms with Crippen molar-refractivity contribution in [3.8, 4) is 11.5 Å². The normalized spacial score (nSPS) is 10.2. The molecule has 0 bridgehead atoms. The van der Waals surface area contributed by atoms with Gasteiger partial charge >= 0.3 is 0 Å². The highest BCUT2D eigenvalue weighted by Crippen LogP contribution is 2.46. The van der Waals surface area contributed by atoms with E-state index in [1.165, 1.54) is 0 Å². The Balaban J connectivity index is 3.60. The largest absolute Gasteiger partial charge is 0.504 e. The van der Waals surface area contributed by atoms with Gasteiger partial charge in [0.25, 0.3) is 0 Å². The fraction of sp³-hybridized carbons (Fsp3) is 0. The Hall–Kier alpha value is -1.00. The molecule has 0 saturated heterocycles. The van der Waals surface area contributed by atoms with Crippen molar-refractivity contribution in [2.24, 2.45) is 0 Å². The molecule has 0 saturated carbocycles. The van der Waals surface area contributed by atoms with Crippen molar-refractivity contribution in [3.05, 3.63) is 10.0 Å². The van der Waals surface area contributed by atoms with Crippen LogP contribution in [0.4, 0.5) is 11.4 Å². The Kier molecular flexibility index (Phi) is 2.12. The molecule has 12 heavy (non-hydrogen) atoms.